The van der Waals surface area contributed by atoms with Crippen LogP contribution in [-0.2, 0) is 21.0 Å². The molecule has 12 rings (SSSR count). The summed E-state index contributed by atoms with van der Waals surface area (Å²) in [5, 5.41) is 16.9. The van der Waals surface area contributed by atoms with E-state index in [1.54, 1.807) is 29.4 Å². The SMILES string of the molecule is Cc1ccccc1[C@@H]1CCCN1C1CC2(C1)CN(c1ccc(C(N)=O)c(N3c4cc5cc[nH]c5nc4O[C@H]4COC[C@@H]43)c1S(=O)(=O)c1cc3c(c([N+](=O)[O-])c1)N[C@H](Cc1ccccn1)CO3)C2. The third-order valence-electron chi connectivity index (χ3n) is 14.8. The van der Waals surface area contributed by atoms with E-state index in [1.807, 2.05) is 30.3 Å². The van der Waals surface area contributed by atoms with E-state index in [2.05, 4.69) is 56.3 Å². The highest BCUT2D eigenvalue weighted by atomic mass is 32.2. The van der Waals surface area contributed by atoms with Gasteiger partial charge in [-0.05, 0) is 86.7 Å². The van der Waals surface area contributed by atoms with Gasteiger partial charge >= 0.3 is 0 Å². The summed E-state index contributed by atoms with van der Waals surface area (Å²) in [6.45, 7) is 4.83. The number of nitrogens with zero attached hydrogens (tertiary/aromatic N) is 6. The number of carbonyl (C=O) groups is 1. The minimum absolute atomic E-state index is 0.0218. The lowest BCUT2D eigenvalue weighted by molar-refractivity contribution is -0.384. The molecule has 3 aromatic carbocycles. The van der Waals surface area contributed by atoms with E-state index in [1.165, 1.54) is 17.2 Å². The first-order valence-electron chi connectivity index (χ1n) is 22.9. The first kappa shape index (κ1) is 41.7. The van der Waals surface area contributed by atoms with Crippen LogP contribution in [0.1, 0.15) is 58.9 Å². The number of benzene rings is 3. The van der Waals surface area contributed by atoms with E-state index >= 15 is 8.42 Å². The van der Waals surface area contributed by atoms with Crippen molar-refractivity contribution in [1.82, 2.24) is 19.9 Å². The molecule has 4 atom stereocenters. The average molecular weight is 924 g/mol. The van der Waals surface area contributed by atoms with Crippen molar-refractivity contribution in [3.8, 4) is 11.6 Å². The Morgan fingerprint density at radius 1 is 1.01 bits per heavy atom. The number of amides is 1. The van der Waals surface area contributed by atoms with Crippen LogP contribution in [0.3, 0.4) is 0 Å². The van der Waals surface area contributed by atoms with Gasteiger partial charge in [0.05, 0.1) is 52.1 Å². The summed E-state index contributed by atoms with van der Waals surface area (Å²) in [7, 11) is -4.76. The fourth-order valence-corrected chi connectivity index (χ4v) is 13.4. The zero-order chi connectivity index (χ0) is 45.8. The first-order chi connectivity index (χ1) is 32.4. The fourth-order valence-electron chi connectivity index (χ4n) is 11.7. The predicted molar refractivity (Wildman–Crippen MR) is 249 cm³/mol. The number of ether oxygens (including phenoxy) is 3. The number of aryl methyl sites for hydroxylation is 1. The minimum Gasteiger partial charge on any atom is -0.489 e. The van der Waals surface area contributed by atoms with E-state index < -0.39 is 38.5 Å². The van der Waals surface area contributed by atoms with Crippen molar-refractivity contribution in [2.45, 2.75) is 79.1 Å². The van der Waals surface area contributed by atoms with Crippen molar-refractivity contribution in [2.24, 2.45) is 11.1 Å². The molecular formula is C49H49N9O8S. The number of fused-ring (bicyclic) bond motifs is 4. The average Bonchev–Trinajstić information content (AvgIpc) is 4.08. The number of hydrogen-bond donors (Lipinski definition) is 3. The summed E-state index contributed by atoms with van der Waals surface area (Å²) >= 11 is 0. The van der Waals surface area contributed by atoms with Crippen molar-refractivity contribution in [2.75, 3.05) is 54.6 Å². The monoisotopic (exact) mass is 923 g/mol. The zero-order valence-corrected chi connectivity index (χ0v) is 37.6. The molecule has 344 valence electrons. The van der Waals surface area contributed by atoms with Gasteiger partial charge in [0, 0.05) is 72.6 Å². The molecule has 8 heterocycles. The highest BCUT2D eigenvalue weighted by Crippen LogP contribution is 2.57. The van der Waals surface area contributed by atoms with Crippen molar-refractivity contribution < 1.29 is 32.3 Å². The summed E-state index contributed by atoms with van der Waals surface area (Å²) < 4.78 is 50.5. The van der Waals surface area contributed by atoms with Crippen LogP contribution < -0.4 is 30.3 Å². The highest BCUT2D eigenvalue weighted by Gasteiger charge is 2.56. The molecule has 4 N–H and O–H groups in total. The van der Waals surface area contributed by atoms with Crippen LogP contribution in [0, 0.1) is 22.5 Å². The van der Waals surface area contributed by atoms with Gasteiger partial charge in [0.2, 0.25) is 15.7 Å². The Morgan fingerprint density at radius 2 is 1.85 bits per heavy atom. The molecule has 6 aromatic rings. The smallest absolute Gasteiger partial charge is 0.297 e. The number of nitro benzene ring substituents is 1. The van der Waals surface area contributed by atoms with E-state index in [-0.39, 0.29) is 69.6 Å². The molecule has 1 amide bonds. The molecule has 6 aliphatic rings. The normalized spacial score (nSPS) is 23.1. The van der Waals surface area contributed by atoms with Gasteiger partial charge in [0.25, 0.3) is 11.6 Å². The molecule has 1 saturated carbocycles. The highest BCUT2D eigenvalue weighted by molar-refractivity contribution is 7.91. The molecule has 5 aliphatic heterocycles. The number of nitrogens with two attached hydrogens (primary N) is 1. The number of carbonyl (C=O) groups excluding carboxylic acids is 1. The number of nitrogens with one attached hydrogen (secondary N) is 2. The molecule has 3 saturated heterocycles. The number of hydrogen-bond acceptors (Lipinski definition) is 14. The van der Waals surface area contributed by atoms with E-state index in [0.717, 1.165) is 49.4 Å². The lowest BCUT2D eigenvalue weighted by atomic mass is 9.60. The molecular weight excluding hydrogens is 875 g/mol. The standard InChI is InChI=1S/C49H49N9O8S/c1-28-7-2-3-9-34(28)36-10-6-16-56(36)32-21-49(22-32)26-55(27-49)37-12-11-35(46(50)59)44(57-39-17-29-13-15-52-47(29)54-48(39)66-42-25-64-24-40(42)57)45(37)67(62,63)33-19-38(58(60)61)43-41(20-33)65-23-31(53-43)18-30-8-4-5-14-51-30/h2-5,7-9,11-15,17,19-20,31-32,36,40,42,53H,6,10,16,18,21-27H2,1H3,(H2,50,59)(H,52,54)/t31-,36+,40+,42+/m1/s1. The number of primary amides is 1. The number of H-pyrrole nitrogens is 1. The zero-order valence-electron chi connectivity index (χ0n) is 36.8. The maximum absolute atomic E-state index is 15.9. The quantitative estimate of drug-likeness (QED) is 0.0974. The van der Waals surface area contributed by atoms with Crippen molar-refractivity contribution >= 4 is 55.2 Å². The van der Waals surface area contributed by atoms with Gasteiger partial charge in [-0.15, -0.1) is 0 Å². The first-order valence-corrected chi connectivity index (χ1v) is 24.3. The number of likely N-dealkylation sites (tertiary alicyclic amines) is 1. The van der Waals surface area contributed by atoms with Gasteiger partial charge in [-0.3, -0.25) is 24.8 Å². The number of rotatable bonds is 10. The van der Waals surface area contributed by atoms with Gasteiger partial charge in [0.15, 0.2) is 11.4 Å². The van der Waals surface area contributed by atoms with Gasteiger partial charge in [-0.2, -0.15) is 4.98 Å². The van der Waals surface area contributed by atoms with Crippen LogP contribution in [0.25, 0.3) is 11.0 Å². The third-order valence-corrected chi connectivity index (χ3v) is 16.6. The molecule has 1 aliphatic carbocycles. The number of sulfone groups is 1. The molecule has 17 nitrogen and oxygen atoms in total. The van der Waals surface area contributed by atoms with Crippen molar-refractivity contribution in [3.05, 3.63) is 124 Å². The Balaban J connectivity index is 0.966. The number of pyridine rings is 2. The van der Waals surface area contributed by atoms with Gasteiger partial charge in [-0.1, -0.05) is 30.3 Å². The Kier molecular flexibility index (Phi) is 9.74. The molecule has 3 aromatic heterocycles. The maximum atomic E-state index is 15.9. The molecule has 0 bridgehead atoms. The molecule has 4 fully saturated rings. The molecule has 0 radical (unpaired) electrons. The van der Waals surface area contributed by atoms with Gasteiger partial charge in [0.1, 0.15) is 28.9 Å². The Hall–Kier alpha value is -6.76. The van der Waals surface area contributed by atoms with Gasteiger partial charge in [-0.25, -0.2) is 8.42 Å². The second-order valence-corrected chi connectivity index (χ2v) is 20.8. The molecule has 67 heavy (non-hydrogen) atoms. The van der Waals surface area contributed by atoms with Crippen molar-refractivity contribution in [1.29, 1.82) is 0 Å². The minimum atomic E-state index is -4.76. The lowest BCUT2D eigenvalue weighted by Crippen LogP contribution is -2.66. The number of aromatic amines is 1. The molecule has 18 heteroatoms. The van der Waals surface area contributed by atoms with Crippen LogP contribution in [0.4, 0.5) is 28.4 Å². The second kappa shape index (κ2) is 15.7. The summed E-state index contributed by atoms with van der Waals surface area (Å²) in [5.41, 5.74) is 10.6. The topological polar surface area (TPSA) is 211 Å². The van der Waals surface area contributed by atoms with Gasteiger partial charge < -0.3 is 40.0 Å². The summed E-state index contributed by atoms with van der Waals surface area (Å²) in [5.74, 6) is -0.603. The second-order valence-electron chi connectivity index (χ2n) is 19.0. The summed E-state index contributed by atoms with van der Waals surface area (Å²) in [6.07, 6.45) is 7.47. The Labute approximate surface area is 386 Å². The largest absolute Gasteiger partial charge is 0.489 e. The van der Waals surface area contributed by atoms with Crippen molar-refractivity contribution in [3.63, 3.8) is 0 Å². The Bertz CT molecular complexity index is 3100. The lowest BCUT2D eigenvalue weighted by Gasteiger charge is -2.62. The maximum Gasteiger partial charge on any atom is 0.297 e. The van der Waals surface area contributed by atoms with Crippen LogP contribution >= 0.6 is 0 Å². The molecule has 0 unspecified atom stereocenters. The van der Waals surface area contributed by atoms with Crippen LogP contribution in [0.15, 0.2) is 101 Å². The van der Waals surface area contributed by atoms with Crippen LogP contribution in [-0.4, -0.2) is 103 Å². The summed E-state index contributed by atoms with van der Waals surface area (Å²) in [4.78, 5) is 44.3. The van der Waals surface area contributed by atoms with Crippen LogP contribution in [0.2, 0.25) is 0 Å². The van der Waals surface area contributed by atoms with E-state index in [9.17, 15) is 14.9 Å². The number of nitro groups is 1. The predicted octanol–water partition coefficient (Wildman–Crippen LogP) is 6.63. The number of anilines is 4. The Morgan fingerprint density at radius 3 is 2.64 bits per heavy atom. The fraction of sp³-hybridized carbons (Fsp3) is 0.367. The van der Waals surface area contributed by atoms with E-state index in [4.69, 9.17) is 24.9 Å². The summed E-state index contributed by atoms with van der Waals surface area (Å²) in [6, 6.07) is 23.3. The van der Waals surface area contributed by atoms with Crippen LogP contribution in [0.5, 0.6) is 11.6 Å². The molecule has 1 spiro atoms. The number of aromatic nitrogens is 3. The third kappa shape index (κ3) is 6.86. The van der Waals surface area contributed by atoms with E-state index in [0.29, 0.717) is 48.6 Å².